The molecule has 0 saturated heterocycles. The maximum atomic E-state index is 10.3. The predicted octanol–water partition coefficient (Wildman–Crippen LogP) is 2.15. The molecule has 3 heteroatoms. The first-order valence-electron chi connectivity index (χ1n) is 3.84. The Balaban J connectivity index is 2.41. The summed E-state index contributed by atoms with van der Waals surface area (Å²) in [7, 11) is 0. The number of hydrogen-bond acceptors (Lipinski definition) is 3. The lowest BCUT2D eigenvalue weighted by Gasteiger charge is -1.91. The maximum absolute atomic E-state index is 10.3. The van der Waals surface area contributed by atoms with Crippen molar-refractivity contribution < 1.29 is 9.21 Å². The van der Waals surface area contributed by atoms with Crippen LogP contribution in [0.25, 0.3) is 11.1 Å². The van der Waals surface area contributed by atoms with Crippen LogP contribution in [0.15, 0.2) is 41.3 Å². The van der Waals surface area contributed by atoms with E-state index >= 15 is 0 Å². The van der Waals surface area contributed by atoms with E-state index < -0.39 is 0 Å². The van der Waals surface area contributed by atoms with Crippen molar-refractivity contribution in [3.8, 4) is 11.1 Å². The third kappa shape index (κ3) is 1.49. The van der Waals surface area contributed by atoms with Gasteiger partial charge in [0.05, 0.1) is 6.26 Å². The molecular formula is C10H7NO2. The summed E-state index contributed by atoms with van der Waals surface area (Å²) in [5, 5.41) is 0. The zero-order valence-electron chi connectivity index (χ0n) is 6.81. The number of furan rings is 1. The standard InChI is InChI=1S/C10H7NO2/c12-6-10-4-9(7-13-10)8-2-1-3-11-5-8/h1-7H. The Morgan fingerprint density at radius 3 is 2.92 bits per heavy atom. The molecule has 0 atom stereocenters. The average Bonchev–Trinajstić information content (AvgIpc) is 2.67. The van der Waals surface area contributed by atoms with Crippen molar-refractivity contribution in [3.63, 3.8) is 0 Å². The van der Waals surface area contributed by atoms with E-state index in [9.17, 15) is 4.79 Å². The molecule has 64 valence electrons. The minimum Gasteiger partial charge on any atom is -0.461 e. The summed E-state index contributed by atoms with van der Waals surface area (Å²) in [5.74, 6) is 0.332. The van der Waals surface area contributed by atoms with E-state index in [0.717, 1.165) is 11.1 Å². The minimum absolute atomic E-state index is 0.332. The Morgan fingerprint density at radius 1 is 1.38 bits per heavy atom. The van der Waals surface area contributed by atoms with E-state index in [1.807, 2.05) is 12.1 Å². The molecule has 0 saturated carbocycles. The summed E-state index contributed by atoms with van der Waals surface area (Å²) in [6.07, 6.45) is 5.64. The molecule has 0 aromatic carbocycles. The smallest absolute Gasteiger partial charge is 0.185 e. The molecule has 13 heavy (non-hydrogen) atoms. The van der Waals surface area contributed by atoms with E-state index in [1.165, 1.54) is 0 Å². The van der Waals surface area contributed by atoms with Crippen LogP contribution in [0, 0.1) is 0 Å². The van der Waals surface area contributed by atoms with Crippen molar-refractivity contribution >= 4 is 6.29 Å². The van der Waals surface area contributed by atoms with Crippen molar-refractivity contribution in [1.82, 2.24) is 4.98 Å². The number of carbonyl (C=O) groups excluding carboxylic acids is 1. The third-order valence-corrected chi connectivity index (χ3v) is 1.73. The van der Waals surface area contributed by atoms with Crippen LogP contribution in [0.2, 0.25) is 0 Å². The number of aldehydes is 1. The van der Waals surface area contributed by atoms with E-state index in [-0.39, 0.29) is 0 Å². The van der Waals surface area contributed by atoms with Gasteiger partial charge in [0.25, 0.3) is 0 Å². The second-order valence-electron chi connectivity index (χ2n) is 2.60. The molecule has 0 unspecified atom stereocenters. The van der Waals surface area contributed by atoms with Crippen molar-refractivity contribution in [3.05, 3.63) is 42.6 Å². The maximum Gasteiger partial charge on any atom is 0.185 e. The molecule has 3 nitrogen and oxygen atoms in total. The fraction of sp³-hybridized carbons (Fsp3) is 0. The molecule has 0 aliphatic carbocycles. The molecule has 0 spiro atoms. The van der Waals surface area contributed by atoms with Gasteiger partial charge in [0.1, 0.15) is 0 Å². The van der Waals surface area contributed by atoms with Crippen LogP contribution in [-0.2, 0) is 0 Å². The summed E-state index contributed by atoms with van der Waals surface area (Å²) in [6.45, 7) is 0. The lowest BCUT2D eigenvalue weighted by molar-refractivity contribution is 0.110. The van der Waals surface area contributed by atoms with Crippen LogP contribution in [-0.4, -0.2) is 11.3 Å². The largest absolute Gasteiger partial charge is 0.461 e. The van der Waals surface area contributed by atoms with E-state index in [2.05, 4.69) is 4.98 Å². The highest BCUT2D eigenvalue weighted by atomic mass is 16.3. The van der Waals surface area contributed by atoms with E-state index in [0.29, 0.717) is 12.0 Å². The molecule has 0 N–H and O–H groups in total. The van der Waals surface area contributed by atoms with Gasteiger partial charge in [-0.25, -0.2) is 0 Å². The molecule has 0 bridgehead atoms. The number of carbonyl (C=O) groups is 1. The van der Waals surface area contributed by atoms with Gasteiger partial charge in [0.2, 0.25) is 0 Å². The highest BCUT2D eigenvalue weighted by Crippen LogP contribution is 2.19. The van der Waals surface area contributed by atoms with Crippen LogP contribution in [0.3, 0.4) is 0 Å². The number of hydrogen-bond donors (Lipinski definition) is 0. The molecule has 0 aliphatic heterocycles. The quantitative estimate of drug-likeness (QED) is 0.653. The molecule has 2 aromatic rings. The van der Waals surface area contributed by atoms with Crippen LogP contribution < -0.4 is 0 Å². The molecule has 0 fully saturated rings. The normalized spacial score (nSPS) is 9.85. The van der Waals surface area contributed by atoms with Gasteiger partial charge < -0.3 is 4.42 Å². The summed E-state index contributed by atoms with van der Waals surface area (Å²) >= 11 is 0. The lowest BCUT2D eigenvalue weighted by Crippen LogP contribution is -1.74. The zero-order valence-corrected chi connectivity index (χ0v) is 6.81. The zero-order chi connectivity index (χ0) is 9.10. The SMILES string of the molecule is O=Cc1cc(-c2cccnc2)co1. The highest BCUT2D eigenvalue weighted by molar-refractivity contribution is 5.75. The Morgan fingerprint density at radius 2 is 2.31 bits per heavy atom. The topological polar surface area (TPSA) is 43.1 Å². The second-order valence-corrected chi connectivity index (χ2v) is 2.60. The van der Waals surface area contributed by atoms with Crippen LogP contribution in [0.4, 0.5) is 0 Å². The average molecular weight is 173 g/mol. The van der Waals surface area contributed by atoms with Crippen LogP contribution >= 0.6 is 0 Å². The van der Waals surface area contributed by atoms with E-state index in [4.69, 9.17) is 4.42 Å². The molecule has 2 heterocycles. The number of nitrogens with zero attached hydrogens (tertiary/aromatic N) is 1. The second kappa shape index (κ2) is 3.23. The fourth-order valence-electron chi connectivity index (χ4n) is 1.10. The molecule has 2 rings (SSSR count). The number of rotatable bonds is 2. The van der Waals surface area contributed by atoms with Crippen LogP contribution in [0.1, 0.15) is 10.6 Å². The van der Waals surface area contributed by atoms with Gasteiger partial charge in [-0.15, -0.1) is 0 Å². The Kier molecular flexibility index (Phi) is 1.92. The first-order valence-corrected chi connectivity index (χ1v) is 3.84. The summed E-state index contributed by atoms with van der Waals surface area (Å²) < 4.78 is 4.97. The molecule has 0 radical (unpaired) electrons. The molecule has 0 amide bonds. The molecule has 0 aliphatic rings. The van der Waals surface area contributed by atoms with Gasteiger partial charge in [-0.2, -0.15) is 0 Å². The van der Waals surface area contributed by atoms with Crippen LogP contribution in [0.5, 0.6) is 0 Å². The monoisotopic (exact) mass is 173 g/mol. The van der Waals surface area contributed by atoms with Gasteiger partial charge >= 0.3 is 0 Å². The first-order chi connectivity index (χ1) is 6.40. The van der Waals surface area contributed by atoms with Gasteiger partial charge in [0, 0.05) is 23.5 Å². The van der Waals surface area contributed by atoms with Crippen molar-refractivity contribution in [2.45, 2.75) is 0 Å². The first kappa shape index (κ1) is 7.73. The Labute approximate surface area is 75.0 Å². The lowest BCUT2D eigenvalue weighted by atomic mass is 10.1. The summed E-state index contributed by atoms with van der Waals surface area (Å²) in [5.41, 5.74) is 1.81. The van der Waals surface area contributed by atoms with Crippen molar-refractivity contribution in [2.75, 3.05) is 0 Å². The van der Waals surface area contributed by atoms with Gasteiger partial charge in [-0.3, -0.25) is 9.78 Å². The van der Waals surface area contributed by atoms with Crippen molar-refractivity contribution in [2.24, 2.45) is 0 Å². The van der Waals surface area contributed by atoms with E-state index in [1.54, 1.807) is 24.7 Å². The molecule has 2 aromatic heterocycles. The Bertz CT molecular complexity index is 406. The number of aromatic nitrogens is 1. The third-order valence-electron chi connectivity index (χ3n) is 1.73. The molecular weight excluding hydrogens is 166 g/mol. The van der Waals surface area contributed by atoms with Gasteiger partial charge in [-0.05, 0) is 12.1 Å². The summed E-state index contributed by atoms with van der Waals surface area (Å²) in [6, 6.07) is 5.43. The van der Waals surface area contributed by atoms with Gasteiger partial charge in [-0.1, -0.05) is 6.07 Å². The minimum atomic E-state index is 0.332. The van der Waals surface area contributed by atoms with Crippen molar-refractivity contribution in [1.29, 1.82) is 0 Å². The van der Waals surface area contributed by atoms with Gasteiger partial charge in [0.15, 0.2) is 12.0 Å². The highest BCUT2D eigenvalue weighted by Gasteiger charge is 2.01. The summed E-state index contributed by atoms with van der Waals surface area (Å²) in [4.78, 5) is 14.3. The number of pyridine rings is 1. The fourth-order valence-corrected chi connectivity index (χ4v) is 1.10. The predicted molar refractivity (Wildman–Crippen MR) is 47.3 cm³/mol. The Hall–Kier alpha value is -1.90.